The molecule has 1 aromatic heterocycles. The molecule has 6 nitrogen and oxygen atoms in total. The maximum Gasteiger partial charge on any atom is 0.253 e. The van der Waals surface area contributed by atoms with E-state index in [0.29, 0.717) is 30.6 Å². The van der Waals surface area contributed by atoms with E-state index in [9.17, 15) is 9.59 Å². The number of anilines is 1. The smallest absolute Gasteiger partial charge is 0.253 e. The summed E-state index contributed by atoms with van der Waals surface area (Å²) in [5.74, 6) is -0.300. The maximum atomic E-state index is 12.6. The van der Waals surface area contributed by atoms with Gasteiger partial charge in [-0.15, -0.1) is 11.3 Å². The minimum Gasteiger partial charge on any atom is -0.376 e. The molecule has 0 aliphatic carbocycles. The fraction of sp³-hybridized carbons (Fsp3) is 0.348. The highest BCUT2D eigenvalue weighted by molar-refractivity contribution is 7.18. The molecule has 2 aromatic carbocycles. The minimum atomic E-state index is -0.198. The summed E-state index contributed by atoms with van der Waals surface area (Å²) in [5, 5.41) is 6.83. The van der Waals surface area contributed by atoms with Crippen LogP contribution in [0, 0.1) is 0 Å². The van der Waals surface area contributed by atoms with Crippen LogP contribution in [0.4, 0.5) is 5.69 Å². The zero-order valence-electron chi connectivity index (χ0n) is 16.7. The fourth-order valence-electron chi connectivity index (χ4n) is 3.54. The number of nitrogens with one attached hydrogen (secondary N) is 2. The first-order valence-electron chi connectivity index (χ1n) is 10.3. The van der Waals surface area contributed by atoms with Gasteiger partial charge in [0.2, 0.25) is 5.91 Å². The predicted octanol–water partition coefficient (Wildman–Crippen LogP) is 4.17. The first-order chi connectivity index (χ1) is 14.7. The van der Waals surface area contributed by atoms with Crippen LogP contribution >= 0.6 is 11.3 Å². The van der Waals surface area contributed by atoms with E-state index in [1.807, 2.05) is 24.3 Å². The average molecular weight is 424 g/mol. The van der Waals surface area contributed by atoms with Crippen LogP contribution < -0.4 is 10.6 Å². The largest absolute Gasteiger partial charge is 0.376 e. The lowest BCUT2D eigenvalue weighted by molar-refractivity contribution is -0.116. The number of thiazole rings is 1. The number of aromatic nitrogens is 1. The summed E-state index contributed by atoms with van der Waals surface area (Å²) in [6.45, 7) is 1.24. The van der Waals surface area contributed by atoms with Crippen LogP contribution in [0.2, 0.25) is 0 Å². The van der Waals surface area contributed by atoms with Crippen LogP contribution in [0.3, 0.4) is 0 Å². The molecular formula is C23H25N3O3S. The molecule has 30 heavy (non-hydrogen) atoms. The van der Waals surface area contributed by atoms with Crippen molar-refractivity contribution >= 4 is 39.1 Å². The third-order valence-corrected chi connectivity index (χ3v) is 6.19. The van der Waals surface area contributed by atoms with Crippen molar-refractivity contribution in [2.24, 2.45) is 0 Å². The highest BCUT2D eigenvalue weighted by Gasteiger charge is 2.18. The number of nitrogens with zero attached hydrogens (tertiary/aromatic N) is 1. The zero-order valence-corrected chi connectivity index (χ0v) is 17.5. The van der Waals surface area contributed by atoms with E-state index in [-0.39, 0.29) is 17.9 Å². The normalized spacial score (nSPS) is 15.9. The van der Waals surface area contributed by atoms with E-state index >= 15 is 0 Å². The maximum absolute atomic E-state index is 12.6. The Morgan fingerprint density at radius 1 is 1.13 bits per heavy atom. The monoisotopic (exact) mass is 423 g/mol. The molecule has 4 rings (SSSR count). The number of carbonyl (C=O) groups excluding carboxylic acids is 2. The van der Waals surface area contributed by atoms with Gasteiger partial charge in [-0.1, -0.05) is 24.3 Å². The number of benzene rings is 2. The molecule has 2 heterocycles. The standard InChI is InChI=1S/C23H25N3O3S/c27-21(12-5-13-22-26-19-10-3-4-11-20(19)30-22)25-18-9-2-1-8-17(18)23(28)24-15-16-7-6-14-29-16/h1-4,8-11,16H,5-7,12-15H2,(H,24,28)(H,25,27). The number of carbonyl (C=O) groups is 2. The number of para-hydroxylation sites is 2. The molecule has 1 aliphatic heterocycles. The lowest BCUT2D eigenvalue weighted by Gasteiger charge is -2.13. The van der Waals surface area contributed by atoms with Crippen molar-refractivity contribution in [2.75, 3.05) is 18.5 Å². The second-order valence-electron chi connectivity index (χ2n) is 7.37. The van der Waals surface area contributed by atoms with Crippen molar-refractivity contribution in [1.82, 2.24) is 10.3 Å². The number of amides is 2. The Bertz CT molecular complexity index is 994. The van der Waals surface area contributed by atoms with Gasteiger partial charge in [-0.05, 0) is 49.9 Å². The first-order valence-corrected chi connectivity index (χ1v) is 11.1. The number of fused-ring (bicyclic) bond motifs is 1. The SMILES string of the molecule is O=C(CCCc1nc2ccccc2s1)Nc1ccccc1C(=O)NCC1CCCO1. The van der Waals surface area contributed by atoms with Crippen LogP contribution in [-0.2, 0) is 16.0 Å². The van der Waals surface area contributed by atoms with Crippen molar-refractivity contribution in [3.8, 4) is 0 Å². The molecule has 7 heteroatoms. The van der Waals surface area contributed by atoms with Gasteiger partial charge in [0.25, 0.3) is 5.91 Å². The summed E-state index contributed by atoms with van der Waals surface area (Å²) in [5.41, 5.74) is 2.01. The predicted molar refractivity (Wildman–Crippen MR) is 119 cm³/mol. The van der Waals surface area contributed by atoms with E-state index in [1.54, 1.807) is 29.5 Å². The van der Waals surface area contributed by atoms with Gasteiger partial charge in [-0.3, -0.25) is 9.59 Å². The van der Waals surface area contributed by atoms with Gasteiger partial charge < -0.3 is 15.4 Å². The highest BCUT2D eigenvalue weighted by atomic mass is 32.1. The third kappa shape index (κ3) is 5.23. The molecule has 156 valence electrons. The Labute approximate surface area is 179 Å². The second-order valence-corrected chi connectivity index (χ2v) is 8.48. The fourth-order valence-corrected chi connectivity index (χ4v) is 4.55. The van der Waals surface area contributed by atoms with Gasteiger partial charge in [0.05, 0.1) is 32.6 Å². The number of hydrogen-bond acceptors (Lipinski definition) is 5. The van der Waals surface area contributed by atoms with Gasteiger partial charge in [0.1, 0.15) is 0 Å². The average Bonchev–Trinajstić information content (AvgIpc) is 3.41. The van der Waals surface area contributed by atoms with Crippen molar-refractivity contribution in [1.29, 1.82) is 0 Å². The van der Waals surface area contributed by atoms with Crippen molar-refractivity contribution < 1.29 is 14.3 Å². The Kier molecular flexibility index (Phi) is 6.71. The molecule has 1 saturated heterocycles. The van der Waals surface area contributed by atoms with Crippen molar-refractivity contribution in [3.63, 3.8) is 0 Å². The Balaban J connectivity index is 1.28. The molecule has 1 atom stereocenters. The third-order valence-electron chi connectivity index (χ3n) is 5.09. The minimum absolute atomic E-state index is 0.0817. The van der Waals surface area contributed by atoms with Crippen molar-refractivity contribution in [2.45, 2.75) is 38.2 Å². The summed E-state index contributed by atoms with van der Waals surface area (Å²) in [4.78, 5) is 29.6. The van der Waals surface area contributed by atoms with Crippen LogP contribution in [0.15, 0.2) is 48.5 Å². The number of hydrogen-bond donors (Lipinski definition) is 2. The van der Waals surface area contributed by atoms with Gasteiger partial charge in [0.15, 0.2) is 0 Å². The van der Waals surface area contributed by atoms with Crippen LogP contribution in [0.1, 0.15) is 41.0 Å². The Hall–Kier alpha value is -2.77. The topological polar surface area (TPSA) is 80.3 Å². The van der Waals surface area contributed by atoms with Crippen LogP contribution in [-0.4, -0.2) is 36.1 Å². The summed E-state index contributed by atoms with van der Waals surface area (Å²) in [7, 11) is 0. The van der Waals surface area contributed by atoms with Gasteiger partial charge in [-0.25, -0.2) is 4.98 Å². The molecule has 1 unspecified atom stereocenters. The van der Waals surface area contributed by atoms with Gasteiger partial charge in [-0.2, -0.15) is 0 Å². The molecule has 0 spiro atoms. The van der Waals surface area contributed by atoms with E-state index in [1.165, 1.54) is 4.70 Å². The molecule has 0 radical (unpaired) electrons. The molecule has 3 aromatic rings. The van der Waals surface area contributed by atoms with E-state index in [0.717, 1.165) is 36.4 Å². The van der Waals surface area contributed by atoms with Crippen LogP contribution in [0.25, 0.3) is 10.2 Å². The lowest BCUT2D eigenvalue weighted by Crippen LogP contribution is -2.32. The van der Waals surface area contributed by atoms with E-state index < -0.39 is 0 Å². The highest BCUT2D eigenvalue weighted by Crippen LogP contribution is 2.23. The first kappa shape index (κ1) is 20.5. The summed E-state index contributed by atoms with van der Waals surface area (Å²) in [6, 6.07) is 15.1. The number of rotatable bonds is 8. The van der Waals surface area contributed by atoms with Gasteiger partial charge in [0, 0.05) is 19.6 Å². The molecule has 0 bridgehead atoms. The molecule has 2 amide bonds. The summed E-state index contributed by atoms with van der Waals surface area (Å²) >= 11 is 1.67. The van der Waals surface area contributed by atoms with Crippen LogP contribution in [0.5, 0.6) is 0 Å². The molecule has 1 aliphatic rings. The molecular weight excluding hydrogens is 398 g/mol. The summed E-state index contributed by atoms with van der Waals surface area (Å²) < 4.78 is 6.71. The Morgan fingerprint density at radius 2 is 1.97 bits per heavy atom. The lowest BCUT2D eigenvalue weighted by atomic mass is 10.1. The number of aryl methyl sites for hydroxylation is 1. The van der Waals surface area contributed by atoms with E-state index in [4.69, 9.17) is 4.74 Å². The quantitative estimate of drug-likeness (QED) is 0.570. The second kappa shape index (κ2) is 9.82. The van der Waals surface area contributed by atoms with Crippen molar-refractivity contribution in [3.05, 3.63) is 59.1 Å². The number of ether oxygens (including phenoxy) is 1. The Morgan fingerprint density at radius 3 is 2.80 bits per heavy atom. The zero-order chi connectivity index (χ0) is 20.8. The molecule has 0 saturated carbocycles. The van der Waals surface area contributed by atoms with Gasteiger partial charge >= 0.3 is 0 Å². The molecule has 2 N–H and O–H groups in total. The van der Waals surface area contributed by atoms with E-state index in [2.05, 4.69) is 21.7 Å². The summed E-state index contributed by atoms with van der Waals surface area (Å²) in [6.07, 6.45) is 3.92. The molecule has 1 fully saturated rings.